The monoisotopic (exact) mass is 874 g/mol. The number of carbonyl (C=O) groups excluding carboxylic acids is 3. The summed E-state index contributed by atoms with van der Waals surface area (Å²) in [6.45, 7) is 25.6. The van der Waals surface area contributed by atoms with Crippen LogP contribution in [0.25, 0.3) is 0 Å². The second-order valence-electron chi connectivity index (χ2n) is 24.1. The minimum atomic E-state index is -1.47. The summed E-state index contributed by atoms with van der Waals surface area (Å²) in [5.74, 6) is -3.55. The van der Waals surface area contributed by atoms with Crippen LogP contribution in [0.3, 0.4) is 0 Å². The Morgan fingerprint density at radius 3 is 0.887 bits per heavy atom. The predicted octanol–water partition coefficient (Wildman–Crippen LogP) is 10.5. The number of ether oxygens (including phenoxy) is 3. The highest BCUT2D eigenvalue weighted by molar-refractivity contribution is 5.98. The van der Waals surface area contributed by atoms with Gasteiger partial charge in [-0.3, -0.25) is 28.9 Å². The maximum absolute atomic E-state index is 14.5. The Labute approximate surface area is 375 Å². The summed E-state index contributed by atoms with van der Waals surface area (Å²) in [5.41, 5.74) is -2.60. The molecule has 0 spiro atoms. The fourth-order valence-corrected chi connectivity index (χ4v) is 12.7. The molecule has 0 aromatic carbocycles. The van der Waals surface area contributed by atoms with Crippen LogP contribution in [0.1, 0.15) is 224 Å². The van der Waals surface area contributed by atoms with Gasteiger partial charge in [-0.1, -0.05) is 57.8 Å². The molecule has 12 nitrogen and oxygen atoms in total. The van der Waals surface area contributed by atoms with Crippen molar-refractivity contribution in [1.29, 1.82) is 0 Å². The van der Waals surface area contributed by atoms with Gasteiger partial charge in [-0.05, 0) is 122 Å². The summed E-state index contributed by atoms with van der Waals surface area (Å²) in [7, 11) is 0. The molecule has 3 heterocycles. The molecule has 0 N–H and O–H groups in total. The van der Waals surface area contributed by atoms with Gasteiger partial charge in [0.1, 0.15) is 18.3 Å². The van der Waals surface area contributed by atoms with E-state index in [0.717, 1.165) is 38.5 Å². The van der Waals surface area contributed by atoms with Gasteiger partial charge in [-0.15, -0.1) is 0 Å². The summed E-state index contributed by atoms with van der Waals surface area (Å²) < 4.78 is 18.9. The number of hydroxylamine groups is 6. The molecule has 6 rings (SSSR count). The lowest BCUT2D eigenvalue weighted by Gasteiger charge is -2.54. The highest BCUT2D eigenvalue weighted by Crippen LogP contribution is 2.45. The van der Waals surface area contributed by atoms with Gasteiger partial charge in [-0.2, -0.15) is 15.2 Å². The molecule has 0 bridgehead atoms. The molecule has 356 valence electrons. The van der Waals surface area contributed by atoms with Crippen LogP contribution in [0.4, 0.5) is 0 Å². The quantitative estimate of drug-likeness (QED) is 0.0996. The minimum absolute atomic E-state index is 0.181. The summed E-state index contributed by atoms with van der Waals surface area (Å²) in [6.07, 6.45) is 19.0. The smallest absolute Gasteiger partial charge is 0.321 e. The van der Waals surface area contributed by atoms with Crippen LogP contribution in [0.15, 0.2) is 0 Å². The first-order valence-corrected chi connectivity index (χ1v) is 24.9. The molecule has 3 aliphatic carbocycles. The van der Waals surface area contributed by atoms with Gasteiger partial charge in [0.2, 0.25) is 0 Å². The average molecular weight is 874 g/mol. The summed E-state index contributed by atoms with van der Waals surface area (Å²) >= 11 is 0. The van der Waals surface area contributed by atoms with E-state index in [1.54, 1.807) is 0 Å². The van der Waals surface area contributed by atoms with Crippen LogP contribution in [-0.4, -0.2) is 103 Å². The van der Waals surface area contributed by atoms with E-state index in [4.69, 9.17) is 28.7 Å². The van der Waals surface area contributed by atoms with E-state index in [2.05, 4.69) is 98.3 Å². The number of esters is 3. The van der Waals surface area contributed by atoms with Gasteiger partial charge in [0.25, 0.3) is 0 Å². The number of carbonyl (C=O) groups is 3. The number of nitrogens with zero attached hydrogens (tertiary/aromatic N) is 3. The van der Waals surface area contributed by atoms with Crippen LogP contribution in [0, 0.1) is 5.92 Å². The third-order valence-corrected chi connectivity index (χ3v) is 14.9. The van der Waals surface area contributed by atoms with E-state index < -0.39 is 81.8 Å². The van der Waals surface area contributed by atoms with Crippen LogP contribution in [0.2, 0.25) is 0 Å². The maximum atomic E-state index is 14.5. The van der Waals surface area contributed by atoms with E-state index in [9.17, 15) is 14.4 Å². The Bertz CT molecular complexity index is 1400. The van der Waals surface area contributed by atoms with E-state index in [1.165, 1.54) is 57.8 Å². The zero-order valence-corrected chi connectivity index (χ0v) is 41.1. The van der Waals surface area contributed by atoms with Crippen molar-refractivity contribution in [3.63, 3.8) is 0 Å². The molecule has 0 aromatic heterocycles. The highest BCUT2D eigenvalue weighted by atomic mass is 16.7. The van der Waals surface area contributed by atoms with Crippen LogP contribution >= 0.6 is 0 Å². The molecule has 6 aliphatic rings. The zero-order chi connectivity index (χ0) is 45.3. The van der Waals surface area contributed by atoms with E-state index >= 15 is 0 Å². The molecule has 3 saturated heterocycles. The van der Waals surface area contributed by atoms with Gasteiger partial charge in [-0.25, -0.2) is 0 Å². The second kappa shape index (κ2) is 19.6. The van der Waals surface area contributed by atoms with Crippen molar-refractivity contribution in [2.45, 2.75) is 294 Å². The predicted molar refractivity (Wildman–Crippen MR) is 239 cm³/mol. The first kappa shape index (κ1) is 49.6. The second-order valence-corrected chi connectivity index (χ2v) is 24.1. The normalized spacial score (nSPS) is 28.4. The van der Waals surface area contributed by atoms with Crippen molar-refractivity contribution < 1.29 is 43.1 Å². The van der Waals surface area contributed by atoms with Crippen molar-refractivity contribution in [2.75, 3.05) is 0 Å². The standard InChI is InChI=1S/C50H87N3O9/c1-45(2)29-38(30-46(3,4)51(45)60-35-22-16-13-17-23-35)57-42(54)28-41(43(55)58-39-31-47(5,6)52(48(7,8)32-39)61-36-24-18-14-19-25-36)44(56)59-40-33-49(9,10)53(50(11,12)34-40)62-37-26-20-15-21-27-37/h35-41H,13-34H2,1-12H3. The Kier molecular flexibility index (Phi) is 15.6. The minimum Gasteiger partial charge on any atom is -0.462 e. The lowest BCUT2D eigenvalue weighted by molar-refractivity contribution is -0.319. The topological polar surface area (TPSA) is 116 Å². The summed E-state index contributed by atoms with van der Waals surface area (Å²) in [6, 6.07) is 0. The number of hydrogen-bond donors (Lipinski definition) is 0. The van der Waals surface area contributed by atoms with Gasteiger partial charge < -0.3 is 14.2 Å². The Hall–Kier alpha value is -1.83. The molecule has 0 radical (unpaired) electrons. The van der Waals surface area contributed by atoms with Crippen molar-refractivity contribution in [3.05, 3.63) is 0 Å². The van der Waals surface area contributed by atoms with Crippen molar-refractivity contribution in [2.24, 2.45) is 5.92 Å². The summed E-state index contributed by atoms with van der Waals surface area (Å²) in [5, 5.41) is 6.40. The SMILES string of the molecule is CC1(C)CC(OC(=O)CC(C(=O)OC2CC(C)(C)N(OC3CCCCC3)C(C)(C)C2)C(=O)OC2CC(C)(C)N(OC3CCCCC3)C(C)(C)C2)CC(C)(C)N1OC1CCCCC1. The molecule has 6 fully saturated rings. The maximum Gasteiger partial charge on any atom is 0.321 e. The Morgan fingerprint density at radius 1 is 0.387 bits per heavy atom. The number of hydrogen-bond acceptors (Lipinski definition) is 12. The molecule has 0 amide bonds. The summed E-state index contributed by atoms with van der Waals surface area (Å²) in [4.78, 5) is 63.1. The third kappa shape index (κ3) is 12.3. The van der Waals surface area contributed by atoms with Gasteiger partial charge in [0.05, 0.1) is 24.7 Å². The third-order valence-electron chi connectivity index (χ3n) is 14.9. The Morgan fingerprint density at radius 2 is 0.629 bits per heavy atom. The largest absolute Gasteiger partial charge is 0.462 e. The van der Waals surface area contributed by atoms with Crippen LogP contribution < -0.4 is 0 Å². The molecular formula is C50H87N3O9. The molecule has 3 aliphatic heterocycles. The molecule has 0 atom stereocenters. The molecule has 0 unspecified atom stereocenters. The number of piperidine rings is 3. The lowest BCUT2D eigenvalue weighted by Crippen LogP contribution is -2.63. The molecule has 12 heteroatoms. The number of rotatable bonds is 13. The fourth-order valence-electron chi connectivity index (χ4n) is 12.7. The van der Waals surface area contributed by atoms with Crippen molar-refractivity contribution >= 4 is 17.9 Å². The van der Waals surface area contributed by atoms with Crippen LogP contribution in [-0.2, 0) is 43.1 Å². The molecular weight excluding hydrogens is 787 g/mol. The van der Waals surface area contributed by atoms with Gasteiger partial charge >= 0.3 is 17.9 Å². The zero-order valence-electron chi connectivity index (χ0n) is 41.1. The van der Waals surface area contributed by atoms with Gasteiger partial charge in [0.15, 0.2) is 5.92 Å². The van der Waals surface area contributed by atoms with Gasteiger partial charge in [0, 0.05) is 71.8 Å². The fraction of sp³-hybridized carbons (Fsp3) is 0.940. The average Bonchev–Trinajstić information content (AvgIpc) is 3.15. The first-order chi connectivity index (χ1) is 28.9. The Balaban J connectivity index is 1.16. The van der Waals surface area contributed by atoms with Crippen molar-refractivity contribution in [3.8, 4) is 0 Å². The van der Waals surface area contributed by atoms with E-state index in [-0.39, 0.29) is 18.3 Å². The lowest BCUT2D eigenvalue weighted by atomic mass is 9.80. The first-order valence-electron chi connectivity index (χ1n) is 24.9. The molecule has 0 aromatic rings. The molecule has 62 heavy (non-hydrogen) atoms. The highest BCUT2D eigenvalue weighted by Gasteiger charge is 2.53. The van der Waals surface area contributed by atoms with E-state index in [1.807, 2.05) is 0 Å². The molecule has 3 saturated carbocycles. The van der Waals surface area contributed by atoms with Crippen LogP contribution in [0.5, 0.6) is 0 Å². The van der Waals surface area contributed by atoms with E-state index in [0.29, 0.717) is 38.5 Å². The van der Waals surface area contributed by atoms with Crippen molar-refractivity contribution in [1.82, 2.24) is 15.2 Å².